The van der Waals surface area contributed by atoms with E-state index in [9.17, 15) is 4.79 Å². The van der Waals surface area contributed by atoms with Crippen molar-refractivity contribution in [2.24, 2.45) is 0 Å². The number of ketones is 1. The number of rotatable bonds is 4. The third-order valence-electron chi connectivity index (χ3n) is 2.08. The van der Waals surface area contributed by atoms with Crippen LogP contribution in [-0.2, 0) is 9.78 Å². The second kappa shape index (κ2) is 4.98. The molecule has 17 heavy (non-hydrogen) atoms. The summed E-state index contributed by atoms with van der Waals surface area (Å²) in [6, 6.07) is 9.06. The van der Waals surface area contributed by atoms with Gasteiger partial charge in [0.2, 0.25) is 0 Å². The Bertz CT molecular complexity index is 374. The lowest BCUT2D eigenvalue weighted by Crippen LogP contribution is -2.38. The lowest BCUT2D eigenvalue weighted by Gasteiger charge is -2.27. The van der Waals surface area contributed by atoms with E-state index in [4.69, 9.17) is 9.78 Å². The van der Waals surface area contributed by atoms with Crippen molar-refractivity contribution in [3.05, 3.63) is 35.9 Å². The molecule has 0 aromatic heterocycles. The predicted octanol–water partition coefficient (Wildman–Crippen LogP) is 3.39. The summed E-state index contributed by atoms with van der Waals surface area (Å²) < 4.78 is 0. The van der Waals surface area contributed by atoms with Crippen LogP contribution in [0.2, 0.25) is 0 Å². The Labute approximate surface area is 103 Å². The van der Waals surface area contributed by atoms with Gasteiger partial charge >= 0.3 is 0 Å². The molecule has 0 aliphatic carbocycles. The van der Waals surface area contributed by atoms with Crippen molar-refractivity contribution in [2.45, 2.75) is 45.8 Å². The summed E-state index contributed by atoms with van der Waals surface area (Å²) in [6.45, 7) is 9.02. The van der Waals surface area contributed by atoms with Crippen LogP contribution in [0.5, 0.6) is 0 Å². The summed E-state index contributed by atoms with van der Waals surface area (Å²) in [7, 11) is 0. The monoisotopic (exact) mass is 236 g/mol. The van der Waals surface area contributed by atoms with E-state index in [1.165, 1.54) is 0 Å². The third-order valence-corrected chi connectivity index (χ3v) is 2.08. The van der Waals surface area contributed by atoms with Gasteiger partial charge in [-0.3, -0.25) is 4.79 Å². The molecule has 0 saturated heterocycles. The van der Waals surface area contributed by atoms with Gasteiger partial charge in [0.05, 0.1) is 5.60 Å². The molecule has 1 aromatic carbocycles. The Balaban J connectivity index is 2.74. The van der Waals surface area contributed by atoms with Gasteiger partial charge in [0.25, 0.3) is 0 Å². The molecule has 3 nitrogen and oxygen atoms in total. The zero-order chi connectivity index (χ0) is 13.1. The maximum absolute atomic E-state index is 12.2. The van der Waals surface area contributed by atoms with Crippen LogP contribution in [0.25, 0.3) is 0 Å². The molecule has 0 amide bonds. The van der Waals surface area contributed by atoms with Gasteiger partial charge in [0.15, 0.2) is 11.4 Å². The number of Topliss-reactive ketones (excluding diaryl/α,β-unsaturated/α-hetero) is 1. The van der Waals surface area contributed by atoms with Crippen molar-refractivity contribution in [1.29, 1.82) is 0 Å². The average Bonchev–Trinajstić information content (AvgIpc) is 2.26. The topological polar surface area (TPSA) is 35.5 Å². The standard InChI is InChI=1S/C14H20O3/c1-13(2,3)16-17-14(4,5)12(15)11-9-7-6-8-10-11/h6-10H,1-5H3. The molecule has 0 radical (unpaired) electrons. The van der Waals surface area contributed by atoms with E-state index in [0.717, 1.165) is 0 Å². The van der Waals surface area contributed by atoms with Gasteiger partial charge in [0.1, 0.15) is 0 Å². The fraction of sp³-hybridized carbons (Fsp3) is 0.500. The summed E-state index contributed by atoms with van der Waals surface area (Å²) in [5.74, 6) is -0.0950. The molecule has 1 rings (SSSR count). The van der Waals surface area contributed by atoms with Gasteiger partial charge < -0.3 is 0 Å². The number of carbonyl (C=O) groups excluding carboxylic acids is 1. The number of hydrogen-bond donors (Lipinski definition) is 0. The highest BCUT2D eigenvalue weighted by atomic mass is 17.2. The maximum atomic E-state index is 12.2. The number of hydrogen-bond acceptors (Lipinski definition) is 3. The van der Waals surface area contributed by atoms with Crippen LogP contribution in [0.1, 0.15) is 45.0 Å². The molecule has 0 saturated carbocycles. The Morgan fingerprint density at radius 1 is 0.941 bits per heavy atom. The van der Waals surface area contributed by atoms with Crippen LogP contribution in [0.15, 0.2) is 30.3 Å². The first-order valence-electron chi connectivity index (χ1n) is 5.69. The van der Waals surface area contributed by atoms with Crippen LogP contribution in [0, 0.1) is 0 Å². The molecule has 0 aliphatic rings. The van der Waals surface area contributed by atoms with Crippen LogP contribution in [-0.4, -0.2) is 17.0 Å². The summed E-state index contributed by atoms with van der Waals surface area (Å²) >= 11 is 0. The third kappa shape index (κ3) is 4.29. The summed E-state index contributed by atoms with van der Waals surface area (Å²) in [4.78, 5) is 22.7. The first-order valence-corrected chi connectivity index (χ1v) is 5.69. The molecule has 0 aliphatic heterocycles. The molecule has 94 valence electrons. The molecule has 0 unspecified atom stereocenters. The van der Waals surface area contributed by atoms with Crippen LogP contribution >= 0.6 is 0 Å². The van der Waals surface area contributed by atoms with E-state index < -0.39 is 11.2 Å². The van der Waals surface area contributed by atoms with Gasteiger partial charge in [-0.1, -0.05) is 30.3 Å². The molecular formula is C14H20O3. The highest BCUT2D eigenvalue weighted by Crippen LogP contribution is 2.20. The molecule has 3 heteroatoms. The van der Waals surface area contributed by atoms with Gasteiger partial charge in [-0.15, -0.1) is 0 Å². The van der Waals surface area contributed by atoms with E-state index in [1.54, 1.807) is 26.0 Å². The Morgan fingerprint density at radius 2 is 1.47 bits per heavy atom. The summed E-state index contributed by atoms with van der Waals surface area (Å²) in [5, 5.41) is 0. The smallest absolute Gasteiger partial charge is 0.197 e. The molecule has 0 atom stereocenters. The molecule has 0 spiro atoms. The predicted molar refractivity (Wildman–Crippen MR) is 66.8 cm³/mol. The van der Waals surface area contributed by atoms with Crippen molar-refractivity contribution in [1.82, 2.24) is 0 Å². The fourth-order valence-electron chi connectivity index (χ4n) is 1.20. The zero-order valence-corrected chi connectivity index (χ0v) is 11.1. The lowest BCUT2D eigenvalue weighted by atomic mass is 9.97. The minimum Gasteiger partial charge on any atom is -0.291 e. The van der Waals surface area contributed by atoms with Crippen molar-refractivity contribution in [3.63, 3.8) is 0 Å². The van der Waals surface area contributed by atoms with E-state index in [2.05, 4.69) is 0 Å². The highest BCUT2D eigenvalue weighted by molar-refractivity contribution is 6.01. The van der Waals surface area contributed by atoms with Gasteiger partial charge in [-0.05, 0) is 34.6 Å². The van der Waals surface area contributed by atoms with Crippen LogP contribution < -0.4 is 0 Å². The first kappa shape index (κ1) is 13.9. The lowest BCUT2D eigenvalue weighted by molar-refractivity contribution is -0.383. The van der Waals surface area contributed by atoms with Crippen LogP contribution in [0.4, 0.5) is 0 Å². The van der Waals surface area contributed by atoms with E-state index in [0.29, 0.717) is 5.56 Å². The van der Waals surface area contributed by atoms with Crippen molar-refractivity contribution in [3.8, 4) is 0 Å². The Morgan fingerprint density at radius 3 is 1.94 bits per heavy atom. The summed E-state index contributed by atoms with van der Waals surface area (Å²) in [5.41, 5.74) is -0.807. The van der Waals surface area contributed by atoms with Crippen LogP contribution in [0.3, 0.4) is 0 Å². The minimum atomic E-state index is -0.991. The highest BCUT2D eigenvalue weighted by Gasteiger charge is 2.32. The number of carbonyl (C=O) groups is 1. The maximum Gasteiger partial charge on any atom is 0.197 e. The van der Waals surface area contributed by atoms with Crippen molar-refractivity contribution < 1.29 is 14.6 Å². The van der Waals surface area contributed by atoms with Gasteiger partial charge in [-0.25, -0.2) is 9.78 Å². The van der Waals surface area contributed by atoms with E-state index >= 15 is 0 Å². The first-order chi connectivity index (χ1) is 7.72. The molecule has 1 aromatic rings. The second-order valence-corrected chi connectivity index (χ2v) is 5.48. The van der Waals surface area contributed by atoms with Gasteiger partial charge in [-0.2, -0.15) is 0 Å². The summed E-state index contributed by atoms with van der Waals surface area (Å²) in [6.07, 6.45) is 0. The second-order valence-electron chi connectivity index (χ2n) is 5.48. The van der Waals surface area contributed by atoms with Crippen molar-refractivity contribution in [2.75, 3.05) is 0 Å². The molecular weight excluding hydrogens is 216 g/mol. The molecule has 0 N–H and O–H groups in total. The van der Waals surface area contributed by atoms with E-state index in [-0.39, 0.29) is 5.78 Å². The van der Waals surface area contributed by atoms with E-state index in [1.807, 2.05) is 39.0 Å². The molecule has 0 heterocycles. The Kier molecular flexibility index (Phi) is 4.07. The SMILES string of the molecule is CC(C)(C)OOC(C)(C)C(=O)c1ccccc1. The molecule has 0 bridgehead atoms. The number of benzene rings is 1. The molecule has 0 fully saturated rings. The average molecular weight is 236 g/mol. The quantitative estimate of drug-likeness (QED) is 0.456. The largest absolute Gasteiger partial charge is 0.291 e. The minimum absolute atomic E-state index is 0.0950. The Hall–Kier alpha value is -1.19. The van der Waals surface area contributed by atoms with Gasteiger partial charge in [0, 0.05) is 5.56 Å². The normalized spacial score (nSPS) is 12.5. The zero-order valence-electron chi connectivity index (χ0n) is 11.1. The van der Waals surface area contributed by atoms with Crippen molar-refractivity contribution >= 4 is 5.78 Å². The fourth-order valence-corrected chi connectivity index (χ4v) is 1.20.